The molecular weight excluding hydrogens is 419 g/mol. The van der Waals surface area contributed by atoms with Crippen LogP contribution in [0.25, 0.3) is 0 Å². The van der Waals surface area contributed by atoms with E-state index in [0.717, 1.165) is 6.42 Å². The van der Waals surface area contributed by atoms with Crippen molar-refractivity contribution in [3.05, 3.63) is 12.7 Å². The van der Waals surface area contributed by atoms with Crippen molar-refractivity contribution in [2.24, 2.45) is 5.92 Å². The minimum atomic E-state index is -0.539. The Morgan fingerprint density at radius 1 is 1.44 bits per heavy atom. The van der Waals surface area contributed by atoms with Gasteiger partial charge in [0.15, 0.2) is 0 Å². The predicted molar refractivity (Wildman–Crippen MR) is 59.7 cm³/mol. The molecule has 3 nitrogen and oxygen atoms in total. The summed E-state index contributed by atoms with van der Waals surface area (Å²) >= 11 is 0. The van der Waals surface area contributed by atoms with E-state index in [1.54, 1.807) is 6.08 Å². The van der Waals surface area contributed by atoms with Crippen LogP contribution >= 0.6 is 0 Å². The first-order chi connectivity index (χ1) is 7.11. The van der Waals surface area contributed by atoms with Crippen LogP contribution in [0.1, 0.15) is 27.2 Å². The Kier molecular flexibility index (Phi) is 8.76. The first-order valence-corrected chi connectivity index (χ1v) is 5.67. The van der Waals surface area contributed by atoms with E-state index in [2.05, 4.69) is 20.4 Å². The van der Waals surface area contributed by atoms with Gasteiger partial charge in [-0.2, -0.15) is 0 Å². The summed E-state index contributed by atoms with van der Waals surface area (Å²) in [4.78, 5) is 0. The molecule has 1 saturated heterocycles. The Morgan fingerprint density at radius 3 is 2.56 bits per heavy atom. The van der Waals surface area contributed by atoms with Crippen molar-refractivity contribution in [2.75, 3.05) is 6.61 Å². The Labute approximate surface area is 134 Å². The molecule has 2 unspecified atom stereocenters. The molecule has 0 bridgehead atoms. The van der Waals surface area contributed by atoms with Crippen LogP contribution in [0.5, 0.6) is 0 Å². The van der Waals surface area contributed by atoms with E-state index < -0.39 is 6.10 Å². The van der Waals surface area contributed by atoms with Crippen LogP contribution in [0.4, 0.5) is 0 Å². The van der Waals surface area contributed by atoms with E-state index in [1.807, 2.05) is 6.92 Å². The summed E-state index contributed by atoms with van der Waals surface area (Å²) in [6.07, 6.45) is 2.01. The second-order valence-electron chi connectivity index (χ2n) is 4.22. The molecule has 1 rings (SSSR count). The van der Waals surface area contributed by atoms with Crippen LogP contribution in [0.3, 0.4) is 0 Å². The molecule has 91 valence electrons. The van der Waals surface area contributed by atoms with Crippen LogP contribution in [0.2, 0.25) is 0 Å². The van der Waals surface area contributed by atoms with Gasteiger partial charge in [0.05, 0.1) is 24.9 Å². The molecule has 0 aliphatic carbocycles. The monoisotopic (exact) mass is 441 g/mol. The van der Waals surface area contributed by atoms with Crippen LogP contribution in [-0.4, -0.2) is 36.1 Å². The van der Waals surface area contributed by atoms with Crippen molar-refractivity contribution < 1.29 is 58.6 Å². The van der Waals surface area contributed by atoms with E-state index in [0.29, 0.717) is 6.61 Å². The average Bonchev–Trinajstić information content (AvgIpc) is 2.23. The summed E-state index contributed by atoms with van der Waals surface area (Å²) in [5, 5.41) is 9.96. The van der Waals surface area contributed by atoms with Crippen LogP contribution < -0.4 is 0 Å². The van der Waals surface area contributed by atoms with Crippen molar-refractivity contribution in [3.8, 4) is 0 Å². The smallest absolute Gasteiger partial charge is 0.106 e. The maximum atomic E-state index is 9.96. The number of rotatable bonds is 4. The number of hydrogen-bond donors (Lipinski definition) is 1. The van der Waals surface area contributed by atoms with Gasteiger partial charge in [0, 0.05) is 50.0 Å². The van der Waals surface area contributed by atoms with Gasteiger partial charge in [-0.1, -0.05) is 19.9 Å². The number of aliphatic hydroxyl groups excluding tert-OH is 1. The van der Waals surface area contributed by atoms with Gasteiger partial charge in [0.2, 0.25) is 0 Å². The fraction of sp³-hybridized carbons (Fsp3) is 0.833. The van der Waals surface area contributed by atoms with Gasteiger partial charge in [-0.3, -0.25) is 0 Å². The third kappa shape index (κ3) is 4.07. The molecule has 0 saturated carbocycles. The summed E-state index contributed by atoms with van der Waals surface area (Å²) in [6, 6.07) is 0. The van der Waals surface area contributed by atoms with Gasteiger partial charge in [0.1, 0.15) is 6.10 Å². The van der Waals surface area contributed by atoms with E-state index in [-0.39, 0.29) is 68.3 Å². The van der Waals surface area contributed by atoms with Gasteiger partial charge in [-0.15, -0.1) is 6.58 Å². The first kappa shape index (κ1) is 17.1. The fourth-order valence-corrected chi connectivity index (χ4v) is 2.17. The average molecular weight is 441 g/mol. The van der Waals surface area contributed by atoms with Crippen molar-refractivity contribution in [1.82, 2.24) is 0 Å². The quantitative estimate of drug-likeness (QED) is 0.676. The number of hydrogen-bond acceptors (Lipinski definition) is 3. The van der Waals surface area contributed by atoms with Crippen LogP contribution in [0, 0.1) is 50.0 Å². The topological polar surface area (TPSA) is 38.7 Å². The van der Waals surface area contributed by atoms with Crippen LogP contribution in [0.15, 0.2) is 12.7 Å². The number of ether oxygens (including phenoxy) is 2. The Bertz CT molecular complexity index is 210. The maximum absolute atomic E-state index is 9.96. The summed E-state index contributed by atoms with van der Waals surface area (Å²) in [7, 11) is 0. The molecule has 1 aliphatic rings. The molecule has 0 amide bonds. The SMILES string of the molecule is C=CCO[C@@H]1C(O)[C@H](C)OC(CC)[C@@H]1C.[Ac]. The van der Waals surface area contributed by atoms with Gasteiger partial charge in [0.25, 0.3) is 0 Å². The van der Waals surface area contributed by atoms with Crippen molar-refractivity contribution in [2.45, 2.75) is 51.6 Å². The Hall–Kier alpha value is 1.06. The summed E-state index contributed by atoms with van der Waals surface area (Å²) in [6.45, 7) is 10.1. The zero-order chi connectivity index (χ0) is 11.4. The second kappa shape index (κ2) is 8.21. The third-order valence-corrected chi connectivity index (χ3v) is 3.12. The van der Waals surface area contributed by atoms with Gasteiger partial charge < -0.3 is 14.6 Å². The molecule has 1 radical (unpaired) electrons. The van der Waals surface area contributed by atoms with E-state index in [9.17, 15) is 5.11 Å². The normalized spacial score (nSPS) is 38.9. The second-order valence-corrected chi connectivity index (χ2v) is 4.22. The zero-order valence-corrected chi connectivity index (χ0v) is 15.2. The molecule has 1 N–H and O–H groups in total. The molecule has 16 heavy (non-hydrogen) atoms. The molecule has 5 atom stereocenters. The molecule has 0 aromatic heterocycles. The van der Waals surface area contributed by atoms with Crippen molar-refractivity contribution in [3.63, 3.8) is 0 Å². The standard InChI is InChI=1S/C12H22O3.Ac/c1-5-7-14-12-8(3)10(6-2)15-9(4)11(12)13;/h5,8-13H,1,6-7H2,2-4H3;/t8-,9-,10?,11?,12-;/m0./s1. The minimum absolute atomic E-state index is 0. The molecule has 0 aromatic rings. The molecular formula is C12H22AcO3. The van der Waals surface area contributed by atoms with Gasteiger partial charge >= 0.3 is 0 Å². The predicted octanol–water partition coefficient (Wildman–Crippen LogP) is 1.75. The molecule has 4 heteroatoms. The van der Waals surface area contributed by atoms with E-state index in [1.165, 1.54) is 0 Å². The van der Waals surface area contributed by atoms with Crippen molar-refractivity contribution in [1.29, 1.82) is 0 Å². The third-order valence-electron chi connectivity index (χ3n) is 3.12. The largest absolute Gasteiger partial charge is 0.388 e. The maximum Gasteiger partial charge on any atom is 0.106 e. The Morgan fingerprint density at radius 2 is 2.06 bits per heavy atom. The van der Waals surface area contributed by atoms with Gasteiger partial charge in [-0.25, -0.2) is 0 Å². The molecule has 1 fully saturated rings. The molecule has 0 spiro atoms. The number of aliphatic hydroxyl groups is 1. The zero-order valence-electron chi connectivity index (χ0n) is 10.4. The molecule has 1 heterocycles. The first-order valence-electron chi connectivity index (χ1n) is 5.67. The molecule has 1 aliphatic heterocycles. The Balaban J connectivity index is 0.00000225. The summed E-state index contributed by atoms with van der Waals surface area (Å²) in [5.41, 5.74) is 0. The summed E-state index contributed by atoms with van der Waals surface area (Å²) < 4.78 is 11.3. The summed E-state index contributed by atoms with van der Waals surface area (Å²) in [5.74, 6) is 0.223. The van der Waals surface area contributed by atoms with E-state index >= 15 is 0 Å². The minimum Gasteiger partial charge on any atom is -0.388 e. The van der Waals surface area contributed by atoms with Crippen LogP contribution in [-0.2, 0) is 9.47 Å². The van der Waals surface area contributed by atoms with E-state index in [4.69, 9.17) is 9.47 Å². The van der Waals surface area contributed by atoms with Gasteiger partial charge in [-0.05, 0) is 13.3 Å². The molecule has 0 aromatic carbocycles. The fourth-order valence-electron chi connectivity index (χ4n) is 2.17. The van der Waals surface area contributed by atoms with Crippen molar-refractivity contribution >= 4 is 0 Å².